The van der Waals surface area contributed by atoms with Crippen molar-refractivity contribution < 1.29 is 28.8 Å². The third-order valence-corrected chi connectivity index (χ3v) is 7.30. The fourth-order valence-electron chi connectivity index (χ4n) is 4.60. The monoisotopic (exact) mass is 577 g/mol. The summed E-state index contributed by atoms with van der Waals surface area (Å²) in [5.74, 6) is -4.09. The van der Waals surface area contributed by atoms with Crippen LogP contribution in [0, 0.1) is 23.2 Å². The molecule has 9 nitrogen and oxygen atoms in total. The average molecular weight is 578 g/mol. The highest BCUT2D eigenvalue weighted by Gasteiger charge is 2.36. The summed E-state index contributed by atoms with van der Waals surface area (Å²) in [7, 11) is 0. The molecule has 0 aliphatic carbocycles. The Labute approximate surface area is 248 Å². The van der Waals surface area contributed by atoms with Crippen LogP contribution in [0.3, 0.4) is 0 Å². The number of Topliss-reactive ketones (excluding diaryl/α,β-unsaturated/α-hetero) is 4. The van der Waals surface area contributed by atoms with Gasteiger partial charge < -0.3 is 10.6 Å². The number of amides is 2. The summed E-state index contributed by atoms with van der Waals surface area (Å²) in [6.45, 7) is 12.0. The van der Waals surface area contributed by atoms with Gasteiger partial charge in [-0.1, -0.05) is 65.0 Å². The number of carbonyl (C=O) groups excluding carboxylic acids is 6. The number of ketones is 4. The maximum absolute atomic E-state index is 13.4. The summed E-state index contributed by atoms with van der Waals surface area (Å²) in [5, 5.41) is 5.27. The molecule has 1 heterocycles. The molecule has 0 radical (unpaired) electrons. The van der Waals surface area contributed by atoms with Crippen molar-refractivity contribution in [3.63, 3.8) is 0 Å². The van der Waals surface area contributed by atoms with E-state index in [0.29, 0.717) is 12.0 Å². The topological polar surface area (TPSA) is 139 Å². The summed E-state index contributed by atoms with van der Waals surface area (Å²) in [5.41, 5.74) is 0.642. The number of nitrogens with zero attached hydrogens (tertiary/aromatic N) is 1. The van der Waals surface area contributed by atoms with Crippen LogP contribution in [0.4, 0.5) is 5.82 Å². The van der Waals surface area contributed by atoms with Crippen LogP contribution in [0.5, 0.6) is 0 Å². The third-order valence-electron chi connectivity index (χ3n) is 7.30. The molecule has 0 bridgehead atoms. The van der Waals surface area contributed by atoms with Gasteiger partial charge in [-0.2, -0.15) is 0 Å². The molecule has 1 aromatic heterocycles. The van der Waals surface area contributed by atoms with Gasteiger partial charge in [-0.05, 0) is 42.4 Å². The predicted molar refractivity (Wildman–Crippen MR) is 161 cm³/mol. The Morgan fingerprint density at radius 2 is 1.55 bits per heavy atom. The minimum absolute atomic E-state index is 0.0671. The fourth-order valence-corrected chi connectivity index (χ4v) is 4.60. The van der Waals surface area contributed by atoms with Crippen LogP contribution in [-0.2, 0) is 30.4 Å². The van der Waals surface area contributed by atoms with Gasteiger partial charge >= 0.3 is 0 Å². The van der Waals surface area contributed by atoms with Gasteiger partial charge in [-0.25, -0.2) is 4.98 Å². The molecule has 0 fully saturated rings. The molecule has 42 heavy (non-hydrogen) atoms. The molecule has 0 saturated heterocycles. The largest absolute Gasteiger partial charge is 0.346 e. The van der Waals surface area contributed by atoms with Gasteiger partial charge in [0.15, 0.2) is 17.3 Å². The zero-order chi connectivity index (χ0) is 31.6. The number of anilines is 1. The van der Waals surface area contributed by atoms with Gasteiger partial charge in [0.1, 0.15) is 5.82 Å². The van der Waals surface area contributed by atoms with Crippen molar-refractivity contribution in [2.24, 2.45) is 23.2 Å². The van der Waals surface area contributed by atoms with Gasteiger partial charge in [-0.15, -0.1) is 0 Å². The normalized spacial score (nSPS) is 13.5. The molecule has 9 heteroatoms. The predicted octanol–water partition coefficient (Wildman–Crippen LogP) is 4.78. The lowest BCUT2D eigenvalue weighted by molar-refractivity contribution is -0.141. The second-order valence-corrected chi connectivity index (χ2v) is 12.2. The number of benzene rings is 1. The Hall–Kier alpha value is -4.01. The van der Waals surface area contributed by atoms with Crippen LogP contribution < -0.4 is 10.6 Å². The highest BCUT2D eigenvalue weighted by atomic mass is 16.2. The van der Waals surface area contributed by atoms with Crippen LogP contribution in [-0.4, -0.2) is 46.0 Å². The van der Waals surface area contributed by atoms with Crippen molar-refractivity contribution in [2.75, 3.05) is 5.32 Å². The molecular formula is C33H43N3O6. The maximum Gasteiger partial charge on any atom is 0.224 e. The van der Waals surface area contributed by atoms with E-state index in [1.54, 1.807) is 20.8 Å². The molecule has 2 aromatic rings. The first-order chi connectivity index (χ1) is 19.6. The quantitative estimate of drug-likeness (QED) is 0.229. The van der Waals surface area contributed by atoms with E-state index in [1.807, 2.05) is 51.1 Å². The first-order valence-electron chi connectivity index (χ1n) is 14.3. The van der Waals surface area contributed by atoms with Gasteiger partial charge in [-0.3, -0.25) is 28.8 Å². The number of nitrogens with one attached hydrogen (secondary N) is 2. The van der Waals surface area contributed by atoms with Crippen LogP contribution in [0.25, 0.3) is 0 Å². The SMILES string of the molecule is CC(=O)Nc1cc(C(=O)C[C@H](C(=O)N[C@@H](C)C(=O)C[C@H](C(=O)C(=O)CCc2ccccc2)C(C)C)C(C)(C)C)ccn1. The highest BCUT2D eigenvalue weighted by Crippen LogP contribution is 2.31. The standard InChI is InChI=1S/C33H43N3O6/c1-20(2)25(31(41)27(38)14-13-23-11-9-8-10-12-23)18-28(39)21(3)35-32(42)26(33(5,6)7)19-29(40)24-15-16-34-30(17-24)36-22(4)37/h8-12,15-17,20-21,25-26H,13-14,18-19H2,1-7H3,(H,35,42)(H,34,36,37)/t21-,25-,26+/m0/s1. The first-order valence-corrected chi connectivity index (χ1v) is 14.3. The number of aromatic nitrogens is 1. The van der Waals surface area contributed by atoms with E-state index in [2.05, 4.69) is 15.6 Å². The number of rotatable bonds is 15. The van der Waals surface area contributed by atoms with E-state index in [1.165, 1.54) is 25.3 Å². The van der Waals surface area contributed by atoms with Crippen LogP contribution in [0.1, 0.15) is 83.7 Å². The van der Waals surface area contributed by atoms with Crippen molar-refractivity contribution in [1.29, 1.82) is 0 Å². The molecule has 0 spiro atoms. The van der Waals surface area contributed by atoms with Gasteiger partial charge in [0.2, 0.25) is 17.6 Å². The third kappa shape index (κ3) is 10.4. The van der Waals surface area contributed by atoms with E-state index in [-0.39, 0.29) is 48.5 Å². The van der Waals surface area contributed by atoms with Crippen molar-refractivity contribution >= 4 is 40.8 Å². The number of hydrogen-bond acceptors (Lipinski definition) is 7. The molecule has 0 unspecified atom stereocenters. The van der Waals surface area contributed by atoms with E-state index in [4.69, 9.17) is 0 Å². The second kappa shape index (κ2) is 15.3. The molecule has 3 atom stereocenters. The Balaban J connectivity index is 2.06. The van der Waals surface area contributed by atoms with Crippen LogP contribution >= 0.6 is 0 Å². The van der Waals surface area contributed by atoms with Crippen LogP contribution in [0.15, 0.2) is 48.7 Å². The minimum Gasteiger partial charge on any atom is -0.346 e. The Morgan fingerprint density at radius 3 is 2.12 bits per heavy atom. The maximum atomic E-state index is 13.4. The van der Waals surface area contributed by atoms with E-state index < -0.39 is 40.8 Å². The molecule has 2 rings (SSSR count). The summed E-state index contributed by atoms with van der Waals surface area (Å²) in [4.78, 5) is 80.7. The van der Waals surface area contributed by atoms with E-state index in [0.717, 1.165) is 5.56 Å². The van der Waals surface area contributed by atoms with Crippen LogP contribution in [0.2, 0.25) is 0 Å². The molecule has 0 aliphatic rings. The molecule has 226 valence electrons. The lowest BCUT2D eigenvalue weighted by Gasteiger charge is -2.30. The Kier molecular flexibility index (Phi) is 12.4. The minimum atomic E-state index is -0.918. The number of pyridine rings is 1. The molecule has 2 N–H and O–H groups in total. The number of aryl methyl sites for hydroxylation is 1. The highest BCUT2D eigenvalue weighted by molar-refractivity contribution is 6.38. The summed E-state index contributed by atoms with van der Waals surface area (Å²) in [6.07, 6.45) is 1.62. The zero-order valence-electron chi connectivity index (χ0n) is 25.7. The van der Waals surface area contributed by atoms with Crippen molar-refractivity contribution in [1.82, 2.24) is 10.3 Å². The zero-order valence-corrected chi connectivity index (χ0v) is 25.7. The Morgan fingerprint density at radius 1 is 0.905 bits per heavy atom. The summed E-state index contributed by atoms with van der Waals surface area (Å²) in [6, 6.07) is 11.5. The average Bonchev–Trinajstić information content (AvgIpc) is 2.92. The van der Waals surface area contributed by atoms with Crippen molar-refractivity contribution in [3.8, 4) is 0 Å². The van der Waals surface area contributed by atoms with Gasteiger partial charge in [0.05, 0.1) is 12.0 Å². The lowest BCUT2D eigenvalue weighted by atomic mass is 9.76. The fraction of sp³-hybridized carbons (Fsp3) is 0.485. The van der Waals surface area contributed by atoms with Gasteiger partial charge in [0.25, 0.3) is 0 Å². The molecule has 0 saturated carbocycles. The molecule has 1 aromatic carbocycles. The number of hydrogen-bond donors (Lipinski definition) is 2. The van der Waals surface area contributed by atoms with E-state index >= 15 is 0 Å². The lowest BCUT2D eigenvalue weighted by Crippen LogP contribution is -2.46. The molecular weight excluding hydrogens is 534 g/mol. The van der Waals surface area contributed by atoms with Crippen molar-refractivity contribution in [3.05, 3.63) is 59.8 Å². The second-order valence-electron chi connectivity index (χ2n) is 12.2. The van der Waals surface area contributed by atoms with Gasteiger partial charge in [0, 0.05) is 43.9 Å². The first kappa shape index (κ1) is 34.2. The number of carbonyl (C=O) groups is 6. The Bertz CT molecular complexity index is 1300. The molecule has 2 amide bonds. The summed E-state index contributed by atoms with van der Waals surface area (Å²) >= 11 is 0. The smallest absolute Gasteiger partial charge is 0.224 e. The van der Waals surface area contributed by atoms with Crippen molar-refractivity contribution in [2.45, 2.75) is 80.2 Å². The van der Waals surface area contributed by atoms with E-state index in [9.17, 15) is 28.8 Å². The summed E-state index contributed by atoms with van der Waals surface area (Å²) < 4.78 is 0. The molecule has 0 aliphatic heterocycles.